The third kappa shape index (κ3) is 2.95. The zero-order valence-corrected chi connectivity index (χ0v) is 18.1. The summed E-state index contributed by atoms with van der Waals surface area (Å²) in [7, 11) is 1.64. The number of benzene rings is 2. The van der Waals surface area contributed by atoms with Gasteiger partial charge in [0.15, 0.2) is 0 Å². The minimum absolute atomic E-state index is 0.636. The van der Waals surface area contributed by atoms with E-state index in [4.69, 9.17) is 9.72 Å². The van der Waals surface area contributed by atoms with Crippen molar-refractivity contribution in [1.82, 2.24) is 14.0 Å². The summed E-state index contributed by atoms with van der Waals surface area (Å²) in [5.41, 5.74) is 8.74. The number of fused-ring (bicyclic) bond motifs is 2. The molecular formula is C27H25N3O. The summed E-state index contributed by atoms with van der Waals surface area (Å²) in [4.78, 5) is 5.10. The number of rotatable bonds is 5. The monoisotopic (exact) mass is 407 g/mol. The lowest BCUT2D eigenvalue weighted by Gasteiger charge is -2.10. The van der Waals surface area contributed by atoms with E-state index in [9.17, 15) is 0 Å². The van der Waals surface area contributed by atoms with Crippen molar-refractivity contribution < 1.29 is 4.74 Å². The predicted molar refractivity (Wildman–Crippen MR) is 128 cm³/mol. The average Bonchev–Trinajstić information content (AvgIpc) is 3.32. The first kappa shape index (κ1) is 19.2. The molecule has 0 saturated heterocycles. The van der Waals surface area contributed by atoms with Crippen LogP contribution in [-0.2, 0) is 11.3 Å². The topological polar surface area (TPSA) is 31.5 Å². The van der Waals surface area contributed by atoms with E-state index >= 15 is 0 Å². The van der Waals surface area contributed by atoms with Crippen LogP contribution in [0, 0.1) is 6.92 Å². The molecule has 0 atom stereocenters. The molecule has 0 N–H and O–H groups in total. The predicted octanol–water partition coefficient (Wildman–Crippen LogP) is 6.57. The molecule has 4 nitrogen and oxygen atoms in total. The van der Waals surface area contributed by atoms with Crippen LogP contribution >= 0.6 is 0 Å². The number of nitrogens with zero attached hydrogens (tertiary/aromatic N) is 3. The Morgan fingerprint density at radius 2 is 1.77 bits per heavy atom. The number of aryl methyl sites for hydroxylation is 2. The highest BCUT2D eigenvalue weighted by Crippen LogP contribution is 2.41. The molecule has 0 fully saturated rings. The van der Waals surface area contributed by atoms with Crippen molar-refractivity contribution in [1.29, 1.82) is 0 Å². The lowest BCUT2D eigenvalue weighted by molar-refractivity contribution is 0.371. The van der Waals surface area contributed by atoms with Gasteiger partial charge in [-0.2, -0.15) is 0 Å². The first-order valence-electron chi connectivity index (χ1n) is 10.5. The molecule has 0 aliphatic carbocycles. The molecule has 0 aliphatic heterocycles. The summed E-state index contributed by atoms with van der Waals surface area (Å²) >= 11 is 0. The molecule has 0 radical (unpaired) electrons. The minimum Gasteiger partial charge on any atom is -0.497 e. The number of ether oxygens (including phenoxy) is 1. The fraction of sp³-hybridized carbons (Fsp3) is 0.148. The van der Waals surface area contributed by atoms with Crippen LogP contribution in [-0.4, -0.2) is 21.1 Å². The van der Waals surface area contributed by atoms with Crippen LogP contribution in [0.3, 0.4) is 0 Å². The van der Waals surface area contributed by atoms with Crippen molar-refractivity contribution >= 4 is 22.3 Å². The number of imidazole rings is 1. The Morgan fingerprint density at radius 3 is 2.52 bits per heavy atom. The van der Waals surface area contributed by atoms with Crippen molar-refractivity contribution in [3.63, 3.8) is 0 Å². The van der Waals surface area contributed by atoms with Crippen LogP contribution in [0.1, 0.15) is 18.2 Å². The van der Waals surface area contributed by atoms with Crippen LogP contribution in [0.2, 0.25) is 0 Å². The SMILES string of the molecule is C=C(OC)c1ccn2c(C)c(-c3c(-c4ccccc4)c4ccccc4n3CC)nc2c1. The molecule has 0 unspecified atom stereocenters. The summed E-state index contributed by atoms with van der Waals surface area (Å²) < 4.78 is 9.83. The van der Waals surface area contributed by atoms with Gasteiger partial charge in [-0.3, -0.25) is 0 Å². The first-order chi connectivity index (χ1) is 15.1. The summed E-state index contributed by atoms with van der Waals surface area (Å²) in [6.07, 6.45) is 2.04. The molecule has 3 aromatic heterocycles. The fourth-order valence-corrected chi connectivity index (χ4v) is 4.46. The molecule has 0 amide bonds. The van der Waals surface area contributed by atoms with E-state index in [1.165, 1.54) is 22.0 Å². The lowest BCUT2D eigenvalue weighted by Crippen LogP contribution is -1.99. The Morgan fingerprint density at radius 1 is 1.03 bits per heavy atom. The van der Waals surface area contributed by atoms with Gasteiger partial charge in [0.2, 0.25) is 0 Å². The highest BCUT2D eigenvalue weighted by molar-refractivity contribution is 6.04. The molecule has 2 aromatic carbocycles. The van der Waals surface area contributed by atoms with Gasteiger partial charge in [-0.05, 0) is 37.6 Å². The molecule has 3 heterocycles. The van der Waals surface area contributed by atoms with E-state index in [0.29, 0.717) is 5.76 Å². The molecular weight excluding hydrogens is 382 g/mol. The fourth-order valence-electron chi connectivity index (χ4n) is 4.46. The Hall–Kier alpha value is -3.79. The molecule has 4 heteroatoms. The zero-order chi connectivity index (χ0) is 21.5. The third-order valence-corrected chi connectivity index (χ3v) is 6.01. The molecule has 0 bridgehead atoms. The molecule has 0 spiro atoms. The summed E-state index contributed by atoms with van der Waals surface area (Å²) in [5.74, 6) is 0.636. The van der Waals surface area contributed by atoms with Crippen molar-refractivity contribution in [2.75, 3.05) is 7.11 Å². The Balaban J connectivity index is 1.86. The van der Waals surface area contributed by atoms with E-state index < -0.39 is 0 Å². The summed E-state index contributed by atoms with van der Waals surface area (Å²) in [6, 6.07) is 23.3. The molecule has 31 heavy (non-hydrogen) atoms. The standard InChI is InChI=1S/C27H25N3O/c1-5-29-23-14-10-9-13-22(23)25(20-11-7-6-8-12-20)27(29)26-18(2)30-16-15-21(19(3)31-4)17-24(30)28-26/h6-17H,3,5H2,1-2,4H3. The quantitative estimate of drug-likeness (QED) is 0.309. The van der Waals surface area contributed by atoms with Crippen LogP contribution in [0.25, 0.3) is 44.8 Å². The number of aromatic nitrogens is 3. The van der Waals surface area contributed by atoms with Crippen molar-refractivity contribution in [3.8, 4) is 22.5 Å². The maximum atomic E-state index is 5.32. The number of methoxy groups -OCH3 is 1. The van der Waals surface area contributed by atoms with Gasteiger partial charge < -0.3 is 13.7 Å². The van der Waals surface area contributed by atoms with E-state index in [1.54, 1.807) is 7.11 Å². The van der Waals surface area contributed by atoms with Crippen molar-refractivity contribution in [3.05, 3.63) is 90.8 Å². The van der Waals surface area contributed by atoms with Gasteiger partial charge in [-0.25, -0.2) is 4.98 Å². The first-order valence-corrected chi connectivity index (χ1v) is 10.5. The Labute approximate surface area is 182 Å². The normalized spacial score (nSPS) is 11.3. The second-order valence-corrected chi connectivity index (χ2v) is 7.67. The lowest BCUT2D eigenvalue weighted by atomic mass is 10.00. The molecule has 5 rings (SSSR count). The molecule has 5 aromatic rings. The molecule has 0 saturated carbocycles. The summed E-state index contributed by atoms with van der Waals surface area (Å²) in [6.45, 7) is 9.17. The molecule has 0 aliphatic rings. The minimum atomic E-state index is 0.636. The maximum Gasteiger partial charge on any atom is 0.138 e. The highest BCUT2D eigenvalue weighted by atomic mass is 16.5. The van der Waals surface area contributed by atoms with Gasteiger partial charge in [0.1, 0.15) is 17.1 Å². The van der Waals surface area contributed by atoms with E-state index in [2.05, 4.69) is 84.0 Å². The van der Waals surface area contributed by atoms with Crippen LogP contribution in [0.5, 0.6) is 0 Å². The van der Waals surface area contributed by atoms with Gasteiger partial charge in [0.05, 0.1) is 12.8 Å². The van der Waals surface area contributed by atoms with Gasteiger partial charge in [-0.1, -0.05) is 55.1 Å². The zero-order valence-electron chi connectivity index (χ0n) is 18.1. The Bertz CT molecular complexity index is 1420. The number of hydrogen-bond donors (Lipinski definition) is 0. The third-order valence-electron chi connectivity index (χ3n) is 6.01. The second kappa shape index (κ2) is 7.47. The maximum absolute atomic E-state index is 5.32. The van der Waals surface area contributed by atoms with E-state index in [0.717, 1.165) is 34.8 Å². The molecule has 154 valence electrons. The van der Waals surface area contributed by atoms with Crippen LogP contribution in [0.4, 0.5) is 0 Å². The smallest absolute Gasteiger partial charge is 0.138 e. The second-order valence-electron chi connectivity index (χ2n) is 7.67. The number of hydrogen-bond acceptors (Lipinski definition) is 2. The highest BCUT2D eigenvalue weighted by Gasteiger charge is 2.23. The van der Waals surface area contributed by atoms with Gasteiger partial charge in [0, 0.05) is 40.5 Å². The number of pyridine rings is 1. The van der Waals surface area contributed by atoms with Gasteiger partial charge >= 0.3 is 0 Å². The average molecular weight is 408 g/mol. The van der Waals surface area contributed by atoms with Crippen molar-refractivity contribution in [2.24, 2.45) is 0 Å². The number of para-hydroxylation sites is 1. The van der Waals surface area contributed by atoms with Crippen molar-refractivity contribution in [2.45, 2.75) is 20.4 Å². The van der Waals surface area contributed by atoms with Crippen LogP contribution in [0.15, 0.2) is 79.5 Å². The van der Waals surface area contributed by atoms with E-state index in [-0.39, 0.29) is 0 Å². The summed E-state index contributed by atoms with van der Waals surface area (Å²) in [5, 5.41) is 1.25. The largest absolute Gasteiger partial charge is 0.497 e. The van der Waals surface area contributed by atoms with E-state index in [1.807, 2.05) is 18.3 Å². The van der Waals surface area contributed by atoms with Crippen LogP contribution < -0.4 is 0 Å². The Kier molecular flexibility index (Phi) is 4.63. The van der Waals surface area contributed by atoms with Gasteiger partial charge in [0.25, 0.3) is 0 Å². The van der Waals surface area contributed by atoms with Gasteiger partial charge in [-0.15, -0.1) is 0 Å².